The average Bonchev–Trinajstić information content (AvgIpc) is 2.67. The van der Waals surface area contributed by atoms with Crippen LogP contribution in [0.15, 0.2) is 18.5 Å². The number of piperazine rings is 1. The standard InChI is InChI=1S/C19H30N4O/c1-3-17-7-5-6-8-23(17)18-13-16(14-20-15-18)19(24)22-11-9-21(4-2)10-12-22/h13-15,17H,3-12H2,1-2H3. The van der Waals surface area contributed by atoms with Gasteiger partial charge in [-0.1, -0.05) is 13.8 Å². The van der Waals surface area contributed by atoms with Gasteiger partial charge >= 0.3 is 0 Å². The molecule has 0 radical (unpaired) electrons. The van der Waals surface area contributed by atoms with Gasteiger partial charge in [-0.25, -0.2) is 0 Å². The van der Waals surface area contributed by atoms with Crippen molar-refractivity contribution in [3.05, 3.63) is 24.0 Å². The summed E-state index contributed by atoms with van der Waals surface area (Å²) in [6.45, 7) is 10.1. The highest BCUT2D eigenvalue weighted by atomic mass is 16.2. The molecule has 0 N–H and O–H groups in total. The highest BCUT2D eigenvalue weighted by Crippen LogP contribution is 2.26. The fourth-order valence-corrected chi connectivity index (χ4v) is 3.92. The Morgan fingerprint density at radius 2 is 1.92 bits per heavy atom. The van der Waals surface area contributed by atoms with Gasteiger partial charge in [0.15, 0.2) is 0 Å². The number of aromatic nitrogens is 1. The molecule has 0 bridgehead atoms. The van der Waals surface area contributed by atoms with Gasteiger partial charge in [-0.15, -0.1) is 0 Å². The Balaban J connectivity index is 1.71. The Morgan fingerprint density at radius 1 is 1.12 bits per heavy atom. The number of hydrogen-bond donors (Lipinski definition) is 0. The summed E-state index contributed by atoms with van der Waals surface area (Å²) < 4.78 is 0. The predicted molar refractivity (Wildman–Crippen MR) is 97.5 cm³/mol. The lowest BCUT2D eigenvalue weighted by atomic mass is 9.99. The van der Waals surface area contributed by atoms with Crippen LogP contribution in [0, 0.1) is 0 Å². The van der Waals surface area contributed by atoms with E-state index in [1.807, 2.05) is 11.1 Å². The SMILES string of the molecule is CCC1CCCCN1c1cncc(C(=O)N2CCN(CC)CC2)c1. The minimum absolute atomic E-state index is 0.130. The quantitative estimate of drug-likeness (QED) is 0.851. The van der Waals surface area contributed by atoms with Crippen LogP contribution in [-0.2, 0) is 0 Å². The lowest BCUT2D eigenvalue weighted by molar-refractivity contribution is 0.0643. The number of nitrogens with zero attached hydrogens (tertiary/aromatic N) is 4. The summed E-state index contributed by atoms with van der Waals surface area (Å²) in [5, 5.41) is 0. The molecular formula is C19H30N4O. The summed E-state index contributed by atoms with van der Waals surface area (Å²) >= 11 is 0. The minimum Gasteiger partial charge on any atom is -0.367 e. The van der Waals surface area contributed by atoms with E-state index in [9.17, 15) is 4.79 Å². The summed E-state index contributed by atoms with van der Waals surface area (Å²) in [5.41, 5.74) is 1.84. The van der Waals surface area contributed by atoms with Crippen LogP contribution in [-0.4, -0.2) is 66.0 Å². The van der Waals surface area contributed by atoms with Crippen molar-refractivity contribution in [2.24, 2.45) is 0 Å². The first-order valence-corrected chi connectivity index (χ1v) is 9.46. The van der Waals surface area contributed by atoms with Crippen molar-refractivity contribution >= 4 is 11.6 Å². The molecule has 5 nitrogen and oxygen atoms in total. The molecule has 1 amide bonds. The molecule has 132 valence electrons. The van der Waals surface area contributed by atoms with Crippen LogP contribution in [0.1, 0.15) is 49.9 Å². The van der Waals surface area contributed by atoms with E-state index >= 15 is 0 Å². The summed E-state index contributed by atoms with van der Waals surface area (Å²) in [4.78, 5) is 24.0. The second-order valence-corrected chi connectivity index (χ2v) is 6.91. The van der Waals surface area contributed by atoms with Gasteiger partial charge in [0.05, 0.1) is 17.4 Å². The van der Waals surface area contributed by atoms with Crippen LogP contribution in [0.4, 0.5) is 5.69 Å². The molecule has 3 heterocycles. The van der Waals surface area contributed by atoms with Gasteiger partial charge in [0.25, 0.3) is 5.91 Å². The fourth-order valence-electron chi connectivity index (χ4n) is 3.92. The topological polar surface area (TPSA) is 39.7 Å². The number of hydrogen-bond acceptors (Lipinski definition) is 4. The maximum atomic E-state index is 12.8. The molecule has 1 aromatic rings. The first-order valence-electron chi connectivity index (χ1n) is 9.46. The molecule has 3 rings (SSSR count). The van der Waals surface area contributed by atoms with Gasteiger partial charge in [0, 0.05) is 45.0 Å². The average molecular weight is 330 g/mol. The summed E-state index contributed by atoms with van der Waals surface area (Å²) in [6.07, 6.45) is 8.57. The third-order valence-electron chi connectivity index (χ3n) is 5.51. The number of carbonyl (C=O) groups is 1. The van der Waals surface area contributed by atoms with E-state index in [2.05, 4.69) is 34.7 Å². The van der Waals surface area contributed by atoms with Crippen LogP contribution in [0.2, 0.25) is 0 Å². The molecule has 0 aliphatic carbocycles. The summed E-state index contributed by atoms with van der Waals surface area (Å²) in [6, 6.07) is 2.63. The molecule has 0 aromatic carbocycles. The van der Waals surface area contributed by atoms with E-state index in [1.165, 1.54) is 19.3 Å². The molecule has 2 fully saturated rings. The number of carbonyl (C=O) groups excluding carboxylic acids is 1. The summed E-state index contributed by atoms with van der Waals surface area (Å²) in [5.74, 6) is 0.130. The number of piperidine rings is 1. The molecular weight excluding hydrogens is 300 g/mol. The zero-order chi connectivity index (χ0) is 16.9. The highest BCUT2D eigenvalue weighted by molar-refractivity contribution is 5.94. The van der Waals surface area contributed by atoms with Gasteiger partial charge in [-0.3, -0.25) is 9.78 Å². The Hall–Kier alpha value is -1.62. The predicted octanol–water partition coefficient (Wildman–Crippen LogP) is 2.63. The van der Waals surface area contributed by atoms with Crippen molar-refractivity contribution in [3.8, 4) is 0 Å². The van der Waals surface area contributed by atoms with Gasteiger partial charge < -0.3 is 14.7 Å². The Kier molecular flexibility index (Phi) is 5.72. The van der Waals surface area contributed by atoms with E-state index in [1.54, 1.807) is 6.20 Å². The van der Waals surface area contributed by atoms with Crippen LogP contribution in [0.25, 0.3) is 0 Å². The smallest absolute Gasteiger partial charge is 0.255 e. The first-order chi connectivity index (χ1) is 11.7. The third kappa shape index (κ3) is 3.72. The van der Waals surface area contributed by atoms with Crippen molar-refractivity contribution in [1.82, 2.24) is 14.8 Å². The molecule has 2 aliphatic heterocycles. The minimum atomic E-state index is 0.130. The molecule has 1 unspecified atom stereocenters. The van der Waals surface area contributed by atoms with Crippen molar-refractivity contribution in [2.75, 3.05) is 44.2 Å². The van der Waals surface area contributed by atoms with E-state index in [0.29, 0.717) is 6.04 Å². The van der Waals surface area contributed by atoms with Crippen LogP contribution >= 0.6 is 0 Å². The van der Waals surface area contributed by atoms with Gasteiger partial charge in [0.1, 0.15) is 0 Å². The maximum Gasteiger partial charge on any atom is 0.255 e. The van der Waals surface area contributed by atoms with Crippen LogP contribution in [0.3, 0.4) is 0 Å². The third-order valence-corrected chi connectivity index (χ3v) is 5.51. The monoisotopic (exact) mass is 330 g/mol. The summed E-state index contributed by atoms with van der Waals surface area (Å²) in [7, 11) is 0. The van der Waals surface area contributed by atoms with E-state index in [-0.39, 0.29) is 5.91 Å². The lowest BCUT2D eigenvalue weighted by Crippen LogP contribution is -2.48. The highest BCUT2D eigenvalue weighted by Gasteiger charge is 2.24. The second kappa shape index (κ2) is 7.97. The molecule has 1 aromatic heterocycles. The van der Waals surface area contributed by atoms with Crippen LogP contribution in [0.5, 0.6) is 0 Å². The maximum absolute atomic E-state index is 12.8. The van der Waals surface area contributed by atoms with Crippen molar-refractivity contribution < 1.29 is 4.79 Å². The molecule has 0 spiro atoms. The zero-order valence-corrected chi connectivity index (χ0v) is 15.1. The van der Waals surface area contributed by atoms with Gasteiger partial charge in [-0.2, -0.15) is 0 Å². The lowest BCUT2D eigenvalue weighted by Gasteiger charge is -2.37. The Labute approximate surface area is 145 Å². The Morgan fingerprint density at radius 3 is 2.62 bits per heavy atom. The molecule has 1 atom stereocenters. The molecule has 2 saturated heterocycles. The number of rotatable bonds is 4. The number of pyridine rings is 1. The van der Waals surface area contributed by atoms with E-state index in [4.69, 9.17) is 0 Å². The van der Waals surface area contributed by atoms with E-state index < -0.39 is 0 Å². The Bertz CT molecular complexity index is 554. The molecule has 24 heavy (non-hydrogen) atoms. The van der Waals surface area contributed by atoms with Gasteiger partial charge in [0.2, 0.25) is 0 Å². The molecule has 0 saturated carbocycles. The largest absolute Gasteiger partial charge is 0.367 e. The normalized spacial score (nSPS) is 22.7. The first kappa shape index (κ1) is 17.2. The van der Waals surface area contributed by atoms with Crippen molar-refractivity contribution in [2.45, 2.75) is 45.6 Å². The van der Waals surface area contributed by atoms with E-state index in [0.717, 1.165) is 56.9 Å². The second-order valence-electron chi connectivity index (χ2n) is 6.91. The molecule has 2 aliphatic rings. The van der Waals surface area contributed by atoms with Crippen molar-refractivity contribution in [3.63, 3.8) is 0 Å². The van der Waals surface area contributed by atoms with Crippen molar-refractivity contribution in [1.29, 1.82) is 0 Å². The molecule has 5 heteroatoms. The number of anilines is 1. The number of amides is 1. The van der Waals surface area contributed by atoms with Crippen LogP contribution < -0.4 is 4.90 Å². The van der Waals surface area contributed by atoms with Gasteiger partial charge in [-0.05, 0) is 38.3 Å². The zero-order valence-electron chi connectivity index (χ0n) is 15.1. The number of likely N-dealkylation sites (N-methyl/N-ethyl adjacent to an activating group) is 1. The fraction of sp³-hybridized carbons (Fsp3) is 0.684.